The molecular formula is C21H22N2O6. The Bertz CT molecular complexity index is 1060. The third-order valence-corrected chi connectivity index (χ3v) is 4.35. The lowest BCUT2D eigenvalue weighted by atomic mass is 10.1. The highest BCUT2D eigenvalue weighted by atomic mass is 16.5. The second-order valence-electron chi connectivity index (χ2n) is 6.32. The van der Waals surface area contributed by atoms with E-state index in [-0.39, 0.29) is 19.1 Å². The quantitative estimate of drug-likeness (QED) is 0.603. The van der Waals surface area contributed by atoms with E-state index in [0.29, 0.717) is 39.5 Å². The molecule has 0 aliphatic heterocycles. The van der Waals surface area contributed by atoms with Gasteiger partial charge in [-0.2, -0.15) is 0 Å². The van der Waals surface area contributed by atoms with Gasteiger partial charge >= 0.3 is 0 Å². The Labute approximate surface area is 167 Å². The molecule has 0 saturated heterocycles. The van der Waals surface area contributed by atoms with E-state index >= 15 is 0 Å². The molecule has 0 spiro atoms. The Hall–Kier alpha value is -3.68. The molecule has 8 heteroatoms. The van der Waals surface area contributed by atoms with Crippen LogP contribution in [0.25, 0.3) is 11.0 Å². The molecule has 1 heterocycles. The first-order valence-electron chi connectivity index (χ1n) is 8.86. The molecule has 0 bridgehead atoms. The summed E-state index contributed by atoms with van der Waals surface area (Å²) in [6, 6.07) is 10.5. The molecule has 0 fully saturated rings. The van der Waals surface area contributed by atoms with Gasteiger partial charge in [-0.3, -0.25) is 9.59 Å². The van der Waals surface area contributed by atoms with Gasteiger partial charge in [0.2, 0.25) is 0 Å². The van der Waals surface area contributed by atoms with Gasteiger partial charge in [-0.25, -0.2) is 0 Å². The Balaban J connectivity index is 1.76. The number of nitrogens with two attached hydrogens (primary N) is 1. The van der Waals surface area contributed by atoms with Crippen molar-refractivity contribution < 1.29 is 28.2 Å². The van der Waals surface area contributed by atoms with E-state index in [0.717, 1.165) is 5.56 Å². The molecule has 0 radical (unpaired) electrons. The number of benzene rings is 2. The van der Waals surface area contributed by atoms with Crippen LogP contribution < -0.4 is 25.3 Å². The highest BCUT2D eigenvalue weighted by Crippen LogP contribution is 2.30. The second kappa shape index (κ2) is 8.55. The minimum atomic E-state index is -0.581. The fourth-order valence-electron chi connectivity index (χ4n) is 2.97. The Morgan fingerprint density at radius 1 is 1.07 bits per heavy atom. The number of nitrogens with one attached hydrogen (secondary N) is 1. The summed E-state index contributed by atoms with van der Waals surface area (Å²) in [6.45, 7) is 1.76. The highest BCUT2D eigenvalue weighted by molar-refractivity contribution is 6.07. The van der Waals surface area contributed by atoms with Crippen molar-refractivity contribution in [2.24, 2.45) is 5.73 Å². The van der Waals surface area contributed by atoms with E-state index in [9.17, 15) is 9.59 Å². The molecule has 0 saturated carbocycles. The van der Waals surface area contributed by atoms with Crippen molar-refractivity contribution in [3.8, 4) is 17.2 Å². The third-order valence-electron chi connectivity index (χ3n) is 4.35. The molecular weight excluding hydrogens is 376 g/mol. The van der Waals surface area contributed by atoms with Crippen molar-refractivity contribution in [3.63, 3.8) is 0 Å². The lowest BCUT2D eigenvalue weighted by molar-refractivity contribution is -0.119. The van der Waals surface area contributed by atoms with Crippen LogP contribution in [0.15, 0.2) is 40.8 Å². The van der Waals surface area contributed by atoms with Crippen LogP contribution in [-0.4, -0.2) is 32.6 Å². The first-order valence-corrected chi connectivity index (χ1v) is 8.86. The van der Waals surface area contributed by atoms with E-state index in [2.05, 4.69) is 5.32 Å². The molecule has 152 valence electrons. The van der Waals surface area contributed by atoms with E-state index < -0.39 is 5.91 Å². The van der Waals surface area contributed by atoms with Gasteiger partial charge in [0.05, 0.1) is 19.8 Å². The van der Waals surface area contributed by atoms with Gasteiger partial charge in [0.15, 0.2) is 18.1 Å². The number of hydrogen-bond acceptors (Lipinski definition) is 6. The highest BCUT2D eigenvalue weighted by Gasteiger charge is 2.19. The van der Waals surface area contributed by atoms with Crippen LogP contribution >= 0.6 is 0 Å². The molecule has 0 unspecified atom stereocenters. The predicted molar refractivity (Wildman–Crippen MR) is 106 cm³/mol. The number of aryl methyl sites for hydroxylation is 1. The van der Waals surface area contributed by atoms with Crippen LogP contribution in [0.3, 0.4) is 0 Å². The molecule has 0 aliphatic rings. The van der Waals surface area contributed by atoms with Gasteiger partial charge in [0.1, 0.15) is 17.1 Å². The molecule has 2 aromatic carbocycles. The monoisotopic (exact) mass is 398 g/mol. The number of rotatable bonds is 8. The molecule has 1 aromatic heterocycles. The smallest absolute Gasteiger partial charge is 0.255 e. The van der Waals surface area contributed by atoms with Crippen LogP contribution in [0.4, 0.5) is 0 Å². The van der Waals surface area contributed by atoms with Crippen molar-refractivity contribution in [1.29, 1.82) is 0 Å². The predicted octanol–water partition coefficient (Wildman–Crippen LogP) is 2.55. The number of primary amides is 1. The number of methoxy groups -OCH3 is 2. The first-order chi connectivity index (χ1) is 13.9. The van der Waals surface area contributed by atoms with E-state index in [1.54, 1.807) is 50.4 Å². The molecule has 3 rings (SSSR count). The maximum Gasteiger partial charge on any atom is 0.255 e. The summed E-state index contributed by atoms with van der Waals surface area (Å²) < 4.78 is 21.5. The summed E-state index contributed by atoms with van der Waals surface area (Å²) in [4.78, 5) is 23.7. The van der Waals surface area contributed by atoms with Crippen molar-refractivity contribution in [1.82, 2.24) is 5.32 Å². The zero-order valence-electron chi connectivity index (χ0n) is 16.4. The Kier molecular flexibility index (Phi) is 5.92. The van der Waals surface area contributed by atoms with Crippen molar-refractivity contribution >= 4 is 22.8 Å². The van der Waals surface area contributed by atoms with E-state index in [4.69, 9.17) is 24.4 Å². The number of fused-ring (bicyclic) bond motifs is 1. The fourth-order valence-corrected chi connectivity index (χ4v) is 2.97. The topological polar surface area (TPSA) is 113 Å². The lowest BCUT2D eigenvalue weighted by Gasteiger charge is -2.12. The van der Waals surface area contributed by atoms with Crippen molar-refractivity contribution in [2.75, 3.05) is 20.8 Å². The SMILES string of the molecule is COc1ccc2oc(C)c(C(=O)NCc3ccc(OCC(N)=O)c(OC)c3)c2c1. The lowest BCUT2D eigenvalue weighted by Crippen LogP contribution is -2.23. The maximum atomic E-state index is 12.8. The van der Waals surface area contributed by atoms with Gasteiger partial charge < -0.3 is 29.7 Å². The van der Waals surface area contributed by atoms with Crippen LogP contribution in [0.2, 0.25) is 0 Å². The van der Waals surface area contributed by atoms with Crippen LogP contribution in [0.1, 0.15) is 21.7 Å². The minimum absolute atomic E-state index is 0.247. The number of furan rings is 1. The first kappa shape index (κ1) is 20.1. The third kappa shape index (κ3) is 4.43. The van der Waals surface area contributed by atoms with Crippen LogP contribution in [0.5, 0.6) is 17.2 Å². The largest absolute Gasteiger partial charge is 0.497 e. The number of amides is 2. The van der Waals surface area contributed by atoms with Gasteiger partial charge in [-0.15, -0.1) is 0 Å². The zero-order chi connectivity index (χ0) is 21.0. The number of carbonyl (C=O) groups is 2. The summed E-state index contributed by atoms with van der Waals surface area (Å²) in [6.07, 6.45) is 0. The maximum absolute atomic E-state index is 12.8. The number of ether oxygens (including phenoxy) is 3. The van der Waals surface area contributed by atoms with E-state index in [1.165, 1.54) is 7.11 Å². The number of hydrogen-bond donors (Lipinski definition) is 2. The molecule has 3 aromatic rings. The van der Waals surface area contributed by atoms with Gasteiger partial charge in [0.25, 0.3) is 11.8 Å². The summed E-state index contributed by atoms with van der Waals surface area (Å²) in [5.74, 6) is 1.16. The average molecular weight is 398 g/mol. The average Bonchev–Trinajstić information content (AvgIpc) is 3.05. The summed E-state index contributed by atoms with van der Waals surface area (Å²) in [5.41, 5.74) is 6.97. The number of carbonyl (C=O) groups excluding carboxylic acids is 2. The van der Waals surface area contributed by atoms with Crippen LogP contribution in [0, 0.1) is 6.92 Å². The van der Waals surface area contributed by atoms with Crippen LogP contribution in [-0.2, 0) is 11.3 Å². The van der Waals surface area contributed by atoms with Gasteiger partial charge in [-0.1, -0.05) is 6.07 Å². The summed E-state index contributed by atoms with van der Waals surface area (Å²) in [5, 5.41) is 3.57. The standard InChI is InChI=1S/C21H22N2O6/c1-12-20(15-9-14(26-2)5-7-16(15)29-12)21(25)23-10-13-4-6-17(18(8-13)27-3)28-11-19(22)24/h4-9H,10-11H2,1-3H3,(H2,22,24)(H,23,25). The molecule has 0 aliphatic carbocycles. The van der Waals surface area contributed by atoms with Crippen molar-refractivity contribution in [2.45, 2.75) is 13.5 Å². The summed E-state index contributed by atoms with van der Waals surface area (Å²) in [7, 11) is 3.06. The molecule has 29 heavy (non-hydrogen) atoms. The minimum Gasteiger partial charge on any atom is -0.497 e. The Morgan fingerprint density at radius 2 is 1.86 bits per heavy atom. The molecule has 8 nitrogen and oxygen atoms in total. The van der Waals surface area contributed by atoms with E-state index in [1.807, 2.05) is 0 Å². The zero-order valence-corrected chi connectivity index (χ0v) is 16.4. The summed E-state index contributed by atoms with van der Waals surface area (Å²) >= 11 is 0. The second-order valence-corrected chi connectivity index (χ2v) is 6.32. The van der Waals surface area contributed by atoms with Gasteiger partial charge in [0, 0.05) is 11.9 Å². The molecule has 0 atom stereocenters. The van der Waals surface area contributed by atoms with Crippen molar-refractivity contribution in [3.05, 3.63) is 53.3 Å². The van der Waals surface area contributed by atoms with Gasteiger partial charge in [-0.05, 0) is 42.8 Å². The fraction of sp³-hybridized carbons (Fsp3) is 0.238. The molecule has 2 amide bonds. The Morgan fingerprint density at radius 3 is 2.55 bits per heavy atom. The molecule has 3 N–H and O–H groups in total. The normalized spacial score (nSPS) is 10.6.